The molecule has 0 saturated heterocycles. The SMILES string of the molecule is CC(C)CN(c1ccccc1C(F)(F)F)S(=O)(=O)c1cc[c]cc1. The fourth-order valence-electron chi connectivity index (χ4n) is 2.26. The Hall–Kier alpha value is -2.02. The summed E-state index contributed by atoms with van der Waals surface area (Å²) in [6, 6.07) is 12.9. The third kappa shape index (κ3) is 3.90. The normalized spacial score (nSPS) is 12.4. The highest BCUT2D eigenvalue weighted by Gasteiger charge is 2.37. The molecule has 0 fully saturated rings. The summed E-state index contributed by atoms with van der Waals surface area (Å²) in [6.45, 7) is 3.43. The number of rotatable bonds is 5. The Morgan fingerprint density at radius 1 is 1.08 bits per heavy atom. The van der Waals surface area contributed by atoms with E-state index in [-0.39, 0.29) is 23.0 Å². The third-order valence-corrected chi connectivity index (χ3v) is 5.08. The van der Waals surface area contributed by atoms with Gasteiger partial charge in [0.1, 0.15) is 0 Å². The van der Waals surface area contributed by atoms with Crippen molar-refractivity contribution in [1.82, 2.24) is 0 Å². The molecule has 3 nitrogen and oxygen atoms in total. The number of sulfonamides is 1. The van der Waals surface area contributed by atoms with Crippen LogP contribution in [0.2, 0.25) is 0 Å². The van der Waals surface area contributed by atoms with E-state index in [2.05, 4.69) is 6.07 Å². The van der Waals surface area contributed by atoms with E-state index in [0.717, 1.165) is 10.4 Å². The lowest BCUT2D eigenvalue weighted by Crippen LogP contribution is -2.35. The molecule has 0 aliphatic heterocycles. The van der Waals surface area contributed by atoms with Gasteiger partial charge in [0.15, 0.2) is 0 Å². The number of halogens is 3. The monoisotopic (exact) mass is 356 g/mol. The fraction of sp³-hybridized carbons (Fsp3) is 0.294. The van der Waals surface area contributed by atoms with Crippen LogP contribution in [0.1, 0.15) is 19.4 Å². The van der Waals surface area contributed by atoms with E-state index < -0.39 is 21.8 Å². The molecular formula is C17H17F3NO2S. The molecule has 2 rings (SSSR count). The van der Waals surface area contributed by atoms with Crippen molar-refractivity contribution in [2.24, 2.45) is 5.92 Å². The molecule has 7 heteroatoms. The van der Waals surface area contributed by atoms with E-state index in [0.29, 0.717) is 0 Å². The van der Waals surface area contributed by atoms with Gasteiger partial charge in [0.05, 0.1) is 16.1 Å². The molecule has 0 saturated carbocycles. The first-order valence-electron chi connectivity index (χ1n) is 7.29. The molecule has 0 spiro atoms. The van der Waals surface area contributed by atoms with Gasteiger partial charge in [-0.1, -0.05) is 38.1 Å². The zero-order chi connectivity index (χ0) is 18.0. The van der Waals surface area contributed by atoms with Crippen molar-refractivity contribution in [3.63, 3.8) is 0 Å². The molecule has 2 aromatic carbocycles. The van der Waals surface area contributed by atoms with E-state index in [4.69, 9.17) is 0 Å². The number of hydrogen-bond donors (Lipinski definition) is 0. The summed E-state index contributed by atoms with van der Waals surface area (Å²) in [5.74, 6) is -0.156. The van der Waals surface area contributed by atoms with Gasteiger partial charge in [-0.2, -0.15) is 13.2 Å². The summed E-state index contributed by atoms with van der Waals surface area (Å²) in [5, 5.41) is 0. The van der Waals surface area contributed by atoms with Crippen LogP contribution in [0.15, 0.2) is 53.4 Å². The molecule has 2 aromatic rings. The molecule has 0 atom stereocenters. The first-order chi connectivity index (χ1) is 11.1. The topological polar surface area (TPSA) is 37.4 Å². The Kier molecular flexibility index (Phi) is 5.22. The van der Waals surface area contributed by atoms with Gasteiger partial charge in [-0.25, -0.2) is 8.42 Å². The molecular weight excluding hydrogens is 339 g/mol. The lowest BCUT2D eigenvalue weighted by molar-refractivity contribution is -0.137. The molecule has 0 aliphatic rings. The maximum Gasteiger partial charge on any atom is 0.418 e. The van der Waals surface area contributed by atoms with E-state index in [1.54, 1.807) is 13.8 Å². The predicted molar refractivity (Wildman–Crippen MR) is 86.1 cm³/mol. The molecule has 1 radical (unpaired) electrons. The van der Waals surface area contributed by atoms with Gasteiger partial charge in [0.25, 0.3) is 10.0 Å². The second-order valence-electron chi connectivity index (χ2n) is 5.68. The Balaban J connectivity index is 2.64. The Morgan fingerprint density at radius 2 is 1.67 bits per heavy atom. The average Bonchev–Trinajstić information content (AvgIpc) is 2.52. The minimum atomic E-state index is -4.65. The van der Waals surface area contributed by atoms with Crippen LogP contribution in [-0.2, 0) is 16.2 Å². The van der Waals surface area contributed by atoms with Crippen LogP contribution in [0, 0.1) is 12.0 Å². The van der Waals surface area contributed by atoms with E-state index in [9.17, 15) is 21.6 Å². The van der Waals surface area contributed by atoms with Gasteiger partial charge in [-0.15, -0.1) is 0 Å². The Morgan fingerprint density at radius 3 is 2.21 bits per heavy atom. The second-order valence-corrected chi connectivity index (χ2v) is 7.54. The fourth-order valence-corrected chi connectivity index (χ4v) is 3.91. The van der Waals surface area contributed by atoms with Crippen molar-refractivity contribution in [2.45, 2.75) is 24.9 Å². The van der Waals surface area contributed by atoms with Gasteiger partial charge >= 0.3 is 6.18 Å². The molecule has 0 amide bonds. The third-order valence-electron chi connectivity index (χ3n) is 3.28. The molecule has 0 aliphatic carbocycles. The first-order valence-corrected chi connectivity index (χ1v) is 8.73. The zero-order valence-electron chi connectivity index (χ0n) is 13.2. The number of benzene rings is 2. The van der Waals surface area contributed by atoms with Crippen LogP contribution in [0.5, 0.6) is 0 Å². The van der Waals surface area contributed by atoms with Crippen molar-refractivity contribution in [3.8, 4) is 0 Å². The van der Waals surface area contributed by atoms with Crippen LogP contribution in [0.25, 0.3) is 0 Å². The number of anilines is 1. The largest absolute Gasteiger partial charge is 0.418 e. The van der Waals surface area contributed by atoms with Gasteiger partial charge < -0.3 is 0 Å². The van der Waals surface area contributed by atoms with Crippen molar-refractivity contribution in [1.29, 1.82) is 0 Å². The molecule has 0 N–H and O–H groups in total. The summed E-state index contributed by atoms with van der Waals surface area (Å²) in [7, 11) is -4.12. The quantitative estimate of drug-likeness (QED) is 0.798. The summed E-state index contributed by atoms with van der Waals surface area (Å²) >= 11 is 0. The highest BCUT2D eigenvalue weighted by Crippen LogP contribution is 2.38. The first kappa shape index (κ1) is 18.3. The van der Waals surface area contributed by atoms with Crippen LogP contribution < -0.4 is 4.31 Å². The summed E-state index contributed by atoms with van der Waals surface area (Å²) in [4.78, 5) is -0.0705. The molecule has 0 unspecified atom stereocenters. The number of hydrogen-bond acceptors (Lipinski definition) is 2. The molecule has 0 heterocycles. The van der Waals surface area contributed by atoms with Gasteiger partial charge in [0.2, 0.25) is 0 Å². The van der Waals surface area contributed by atoms with Crippen molar-refractivity contribution in [2.75, 3.05) is 10.8 Å². The molecule has 0 aromatic heterocycles. The van der Waals surface area contributed by atoms with E-state index >= 15 is 0 Å². The van der Waals surface area contributed by atoms with Crippen molar-refractivity contribution in [3.05, 3.63) is 60.2 Å². The maximum atomic E-state index is 13.3. The molecule has 129 valence electrons. The van der Waals surface area contributed by atoms with Gasteiger partial charge in [-0.05, 0) is 36.2 Å². The minimum Gasteiger partial charge on any atom is -0.265 e. The minimum absolute atomic E-state index is 0.0615. The van der Waals surface area contributed by atoms with Crippen LogP contribution in [0.3, 0.4) is 0 Å². The second kappa shape index (κ2) is 6.84. The van der Waals surface area contributed by atoms with E-state index in [1.807, 2.05) is 0 Å². The van der Waals surface area contributed by atoms with Crippen molar-refractivity contribution < 1.29 is 21.6 Å². The smallest absolute Gasteiger partial charge is 0.265 e. The Bertz CT molecular complexity index is 787. The summed E-state index contributed by atoms with van der Waals surface area (Å²) in [5.41, 5.74) is -1.34. The van der Waals surface area contributed by atoms with Crippen molar-refractivity contribution >= 4 is 15.7 Å². The summed E-state index contributed by atoms with van der Waals surface area (Å²) in [6.07, 6.45) is -4.65. The number of alkyl halides is 3. The lowest BCUT2D eigenvalue weighted by atomic mass is 10.1. The maximum absolute atomic E-state index is 13.3. The number of para-hydroxylation sites is 1. The average molecular weight is 356 g/mol. The van der Waals surface area contributed by atoms with Gasteiger partial charge in [0, 0.05) is 6.54 Å². The van der Waals surface area contributed by atoms with Crippen LogP contribution >= 0.6 is 0 Å². The number of nitrogens with zero attached hydrogens (tertiary/aromatic N) is 1. The molecule has 24 heavy (non-hydrogen) atoms. The highest BCUT2D eigenvalue weighted by atomic mass is 32.2. The lowest BCUT2D eigenvalue weighted by Gasteiger charge is -2.28. The van der Waals surface area contributed by atoms with Crippen LogP contribution in [-0.4, -0.2) is 15.0 Å². The Labute approximate surface area is 139 Å². The highest BCUT2D eigenvalue weighted by molar-refractivity contribution is 7.92. The van der Waals surface area contributed by atoms with Gasteiger partial charge in [-0.3, -0.25) is 4.31 Å². The summed E-state index contributed by atoms with van der Waals surface area (Å²) < 4.78 is 66.5. The molecule has 0 bridgehead atoms. The predicted octanol–water partition coefficient (Wildman–Crippen LogP) is 4.36. The standard InChI is InChI=1S/C17H17F3NO2S/c1-13(2)12-21(24(22,23)14-8-4-3-5-9-14)16-11-7-6-10-15(16)17(18,19)20/h4-11,13H,12H2,1-2H3. The van der Waals surface area contributed by atoms with E-state index in [1.165, 1.54) is 42.5 Å². The zero-order valence-corrected chi connectivity index (χ0v) is 14.0. The van der Waals surface area contributed by atoms with Crippen LogP contribution in [0.4, 0.5) is 18.9 Å².